The summed E-state index contributed by atoms with van der Waals surface area (Å²) in [5.41, 5.74) is 4.77. The normalized spacial score (nSPS) is 11.2. The van der Waals surface area contributed by atoms with E-state index in [1.54, 1.807) is 0 Å². The maximum absolute atomic E-state index is 12.7. The molecule has 94 valence electrons. The van der Waals surface area contributed by atoms with Crippen LogP contribution in [-0.4, -0.2) is 29.8 Å². The molecule has 6 nitrogen and oxygen atoms in total. The van der Waals surface area contributed by atoms with E-state index >= 15 is 0 Å². The van der Waals surface area contributed by atoms with Gasteiger partial charge in [-0.2, -0.15) is 0 Å². The van der Waals surface area contributed by atoms with Crippen molar-refractivity contribution in [3.63, 3.8) is 0 Å². The van der Waals surface area contributed by atoms with Crippen molar-refractivity contribution < 1.29 is 18.5 Å². The molecule has 1 aromatic rings. The number of carbonyl (C=O) groups excluding carboxylic acids is 1. The molecule has 0 aliphatic heterocycles. The minimum absolute atomic E-state index is 0.0190. The van der Waals surface area contributed by atoms with Crippen molar-refractivity contribution in [2.24, 2.45) is 5.73 Å². The molecule has 3 N–H and O–H groups in total. The maximum Gasteiger partial charge on any atom is 0.324 e. The minimum atomic E-state index is -3.18. The molecule has 0 spiro atoms. The van der Waals surface area contributed by atoms with Gasteiger partial charge in [0.25, 0.3) is 11.8 Å². The first kappa shape index (κ1) is 13.5. The summed E-state index contributed by atoms with van der Waals surface area (Å²) in [4.78, 5) is 21.0. The quantitative estimate of drug-likeness (QED) is 0.612. The topological polar surface area (TPSA) is 98.3 Å². The number of amides is 1. The largest absolute Gasteiger partial charge is 0.346 e. The van der Waals surface area contributed by atoms with Gasteiger partial charge in [-0.3, -0.25) is 14.9 Å². The monoisotopic (exact) mass is 265 g/mol. The molecule has 0 bridgehead atoms. The zero-order chi connectivity index (χ0) is 13.1. The Morgan fingerprint density at radius 1 is 1.65 bits per heavy atom. The lowest BCUT2D eigenvalue weighted by atomic mass is 10.3. The van der Waals surface area contributed by atoms with Gasteiger partial charge in [0.1, 0.15) is 0 Å². The number of nitrogens with two attached hydrogens (primary N) is 1. The van der Waals surface area contributed by atoms with Crippen molar-refractivity contribution in [2.45, 2.75) is 5.92 Å². The summed E-state index contributed by atoms with van der Waals surface area (Å²) in [7, 11) is 0. The number of halogens is 2. The van der Waals surface area contributed by atoms with E-state index in [9.17, 15) is 23.7 Å². The highest BCUT2D eigenvalue weighted by Gasteiger charge is 2.27. The van der Waals surface area contributed by atoms with E-state index in [0.29, 0.717) is 0 Å². The molecule has 0 radical (unpaired) electrons. The summed E-state index contributed by atoms with van der Waals surface area (Å²) in [6, 6.07) is 1.03. The first-order valence-corrected chi connectivity index (χ1v) is 5.33. The van der Waals surface area contributed by atoms with E-state index in [-0.39, 0.29) is 10.6 Å². The van der Waals surface area contributed by atoms with Crippen LogP contribution in [0.4, 0.5) is 13.8 Å². The Kier molecular flexibility index (Phi) is 4.07. The fraction of sp³-hybridized carbons (Fsp3) is 0.375. The smallest absolute Gasteiger partial charge is 0.324 e. The zero-order valence-electron chi connectivity index (χ0n) is 8.48. The second kappa shape index (κ2) is 5.15. The first-order valence-electron chi connectivity index (χ1n) is 4.45. The summed E-state index contributed by atoms with van der Waals surface area (Å²) in [6.07, 6.45) is 0. The third-order valence-corrected chi connectivity index (χ3v) is 2.71. The highest BCUT2D eigenvalue weighted by atomic mass is 32.1. The molecule has 0 atom stereocenters. The van der Waals surface area contributed by atoms with Gasteiger partial charge in [-0.1, -0.05) is 11.3 Å². The summed E-state index contributed by atoms with van der Waals surface area (Å²) < 4.78 is 25.4. The molecule has 1 rings (SSSR count). The van der Waals surface area contributed by atoms with E-state index in [2.05, 4.69) is 0 Å². The van der Waals surface area contributed by atoms with Gasteiger partial charge in [-0.25, -0.2) is 8.78 Å². The van der Waals surface area contributed by atoms with Crippen molar-refractivity contribution in [2.75, 3.05) is 13.1 Å². The molecule has 17 heavy (non-hydrogen) atoms. The molecule has 1 aromatic heterocycles. The van der Waals surface area contributed by atoms with Crippen LogP contribution >= 0.6 is 11.3 Å². The molecular weight excluding hydrogens is 256 g/mol. The number of hydrogen-bond donors (Lipinski definition) is 2. The van der Waals surface area contributed by atoms with Crippen molar-refractivity contribution in [3.8, 4) is 0 Å². The number of nitrogens with zero attached hydrogens (tertiary/aromatic N) is 1. The Morgan fingerprint density at radius 2 is 2.29 bits per heavy atom. The first-order chi connectivity index (χ1) is 7.85. The molecule has 9 heteroatoms. The SMILES string of the molecule is NCC(F)(F)CNC(=O)c1csc([N+](=O)[O-])c1. The van der Waals surface area contributed by atoms with Crippen LogP contribution in [0.15, 0.2) is 11.4 Å². The van der Waals surface area contributed by atoms with Crippen LogP contribution in [0.3, 0.4) is 0 Å². The van der Waals surface area contributed by atoms with Crippen LogP contribution in [0.5, 0.6) is 0 Å². The van der Waals surface area contributed by atoms with Crippen molar-refractivity contribution in [1.82, 2.24) is 5.32 Å². The van der Waals surface area contributed by atoms with Crippen LogP contribution in [0.25, 0.3) is 0 Å². The Hall–Kier alpha value is -1.61. The zero-order valence-corrected chi connectivity index (χ0v) is 9.30. The van der Waals surface area contributed by atoms with Gasteiger partial charge in [0.2, 0.25) is 0 Å². The molecule has 1 amide bonds. The molecule has 0 aliphatic carbocycles. The lowest BCUT2D eigenvalue weighted by molar-refractivity contribution is -0.380. The van der Waals surface area contributed by atoms with E-state index in [0.717, 1.165) is 17.4 Å². The standard InChI is InChI=1S/C8H9F2N3O3S/c9-8(10,3-11)4-12-7(14)5-1-6(13(15)16)17-2-5/h1-2H,3-4,11H2,(H,12,14). The van der Waals surface area contributed by atoms with E-state index in [1.165, 1.54) is 5.38 Å². The third-order valence-electron chi connectivity index (χ3n) is 1.83. The predicted molar refractivity (Wildman–Crippen MR) is 57.3 cm³/mol. The van der Waals surface area contributed by atoms with Crippen LogP contribution in [0, 0.1) is 10.1 Å². The highest BCUT2D eigenvalue weighted by Crippen LogP contribution is 2.22. The molecule has 0 saturated carbocycles. The Balaban J connectivity index is 2.61. The Labute approximate surface area is 98.6 Å². The van der Waals surface area contributed by atoms with Gasteiger partial charge in [0.05, 0.1) is 23.6 Å². The van der Waals surface area contributed by atoms with Crippen LogP contribution in [-0.2, 0) is 0 Å². The molecule has 1 heterocycles. The molecule has 0 fully saturated rings. The van der Waals surface area contributed by atoms with Crippen molar-refractivity contribution >= 4 is 22.2 Å². The summed E-state index contributed by atoms with van der Waals surface area (Å²) in [5, 5.41) is 13.3. The average molecular weight is 265 g/mol. The summed E-state index contributed by atoms with van der Waals surface area (Å²) in [5.74, 6) is -3.97. The van der Waals surface area contributed by atoms with Gasteiger partial charge in [-0.15, -0.1) is 0 Å². The van der Waals surface area contributed by atoms with Gasteiger partial charge in [0, 0.05) is 11.4 Å². The summed E-state index contributed by atoms with van der Waals surface area (Å²) in [6.45, 7) is -1.77. The summed E-state index contributed by atoms with van der Waals surface area (Å²) >= 11 is 0.753. The number of nitrogens with one attached hydrogen (secondary N) is 1. The third kappa shape index (κ3) is 3.71. The highest BCUT2D eigenvalue weighted by molar-refractivity contribution is 7.13. The van der Waals surface area contributed by atoms with Gasteiger partial charge >= 0.3 is 5.00 Å². The average Bonchev–Trinajstić information content (AvgIpc) is 2.75. The number of nitro groups is 1. The Bertz CT molecular complexity index is 435. The predicted octanol–water partition coefficient (Wildman–Crippen LogP) is 0.980. The molecule has 0 unspecified atom stereocenters. The second-order valence-corrected chi connectivity index (χ2v) is 4.06. The van der Waals surface area contributed by atoms with Gasteiger partial charge < -0.3 is 11.1 Å². The van der Waals surface area contributed by atoms with E-state index < -0.39 is 29.8 Å². The number of thiophene rings is 1. The number of alkyl halides is 2. The van der Waals surface area contributed by atoms with Crippen molar-refractivity contribution in [1.29, 1.82) is 0 Å². The van der Waals surface area contributed by atoms with Gasteiger partial charge in [-0.05, 0) is 0 Å². The van der Waals surface area contributed by atoms with Gasteiger partial charge in [0.15, 0.2) is 0 Å². The van der Waals surface area contributed by atoms with E-state index in [4.69, 9.17) is 5.73 Å². The molecule has 0 aliphatic rings. The number of rotatable bonds is 5. The lowest BCUT2D eigenvalue weighted by Gasteiger charge is -2.13. The Morgan fingerprint density at radius 3 is 2.76 bits per heavy atom. The molecular formula is C8H9F2N3O3S. The fourth-order valence-corrected chi connectivity index (χ4v) is 1.63. The molecule has 0 aromatic carbocycles. The van der Waals surface area contributed by atoms with Crippen LogP contribution in [0.1, 0.15) is 10.4 Å². The lowest BCUT2D eigenvalue weighted by Crippen LogP contribution is -2.41. The second-order valence-electron chi connectivity index (χ2n) is 3.17. The molecule has 0 saturated heterocycles. The minimum Gasteiger partial charge on any atom is -0.346 e. The fourth-order valence-electron chi connectivity index (χ4n) is 0.924. The number of hydrogen-bond acceptors (Lipinski definition) is 5. The van der Waals surface area contributed by atoms with Crippen LogP contribution in [0.2, 0.25) is 0 Å². The van der Waals surface area contributed by atoms with E-state index in [1.807, 2.05) is 5.32 Å². The van der Waals surface area contributed by atoms with Crippen LogP contribution < -0.4 is 11.1 Å². The number of carbonyl (C=O) groups is 1. The van der Waals surface area contributed by atoms with Crippen molar-refractivity contribution in [3.05, 3.63) is 27.1 Å². The maximum atomic E-state index is 12.7.